The fourth-order valence-corrected chi connectivity index (χ4v) is 1.25. The summed E-state index contributed by atoms with van der Waals surface area (Å²) in [5.74, 6) is 0.523. The van der Waals surface area contributed by atoms with E-state index in [0.717, 1.165) is 0 Å². The highest BCUT2D eigenvalue weighted by atomic mass is 79.9. The topological polar surface area (TPSA) is 39.2 Å². The third-order valence-corrected chi connectivity index (χ3v) is 1.78. The molecule has 11 heavy (non-hydrogen) atoms. The lowest BCUT2D eigenvalue weighted by Crippen LogP contribution is -1.92. The molecule has 0 saturated carbocycles. The van der Waals surface area contributed by atoms with E-state index in [2.05, 4.69) is 20.9 Å². The molecule has 0 amide bonds. The largest absolute Gasteiger partial charge is 0.495 e. The molecular formula is C7H6BrNO2. The number of methoxy groups -OCH3 is 1. The summed E-state index contributed by atoms with van der Waals surface area (Å²) in [6.45, 7) is 0. The lowest BCUT2D eigenvalue weighted by molar-refractivity contribution is 0.112. The molecule has 0 aliphatic rings. The molecular weight excluding hydrogens is 210 g/mol. The Morgan fingerprint density at radius 2 is 2.36 bits per heavy atom. The highest BCUT2D eigenvalue weighted by Gasteiger charge is 2.05. The van der Waals surface area contributed by atoms with Crippen LogP contribution < -0.4 is 4.74 Å². The van der Waals surface area contributed by atoms with Gasteiger partial charge in [-0.15, -0.1) is 0 Å². The van der Waals surface area contributed by atoms with Crippen LogP contribution in [0.1, 0.15) is 10.4 Å². The number of hydrogen-bond acceptors (Lipinski definition) is 3. The molecule has 0 N–H and O–H groups in total. The minimum atomic E-state index is 0.446. The van der Waals surface area contributed by atoms with Gasteiger partial charge in [-0.1, -0.05) is 0 Å². The van der Waals surface area contributed by atoms with E-state index < -0.39 is 0 Å². The Balaban J connectivity index is 3.23. The Labute approximate surface area is 72.5 Å². The molecule has 0 aliphatic carbocycles. The lowest BCUT2D eigenvalue weighted by atomic mass is 10.3. The van der Waals surface area contributed by atoms with Crippen molar-refractivity contribution in [3.8, 4) is 5.75 Å². The third-order valence-electron chi connectivity index (χ3n) is 1.21. The first-order valence-electron chi connectivity index (χ1n) is 2.92. The number of carbonyl (C=O) groups is 1. The molecule has 0 saturated heterocycles. The summed E-state index contributed by atoms with van der Waals surface area (Å²) in [4.78, 5) is 14.2. The van der Waals surface area contributed by atoms with Gasteiger partial charge in [-0.05, 0) is 15.9 Å². The van der Waals surface area contributed by atoms with Crippen LogP contribution in [0.2, 0.25) is 0 Å². The smallest absolute Gasteiger partial charge is 0.155 e. The molecule has 58 valence electrons. The van der Waals surface area contributed by atoms with Crippen LogP contribution in [0.15, 0.2) is 16.9 Å². The molecule has 0 fully saturated rings. The summed E-state index contributed by atoms with van der Waals surface area (Å²) < 4.78 is 5.63. The second-order valence-corrected chi connectivity index (χ2v) is 2.72. The van der Waals surface area contributed by atoms with Gasteiger partial charge < -0.3 is 4.74 Å². The van der Waals surface area contributed by atoms with Crippen LogP contribution in [0.4, 0.5) is 0 Å². The van der Waals surface area contributed by atoms with Crippen LogP contribution in [0.25, 0.3) is 0 Å². The predicted octanol–water partition coefficient (Wildman–Crippen LogP) is 1.67. The molecule has 0 aromatic carbocycles. The van der Waals surface area contributed by atoms with E-state index in [1.165, 1.54) is 13.3 Å². The number of nitrogens with zero attached hydrogens (tertiary/aromatic N) is 1. The summed E-state index contributed by atoms with van der Waals surface area (Å²) in [6.07, 6.45) is 3.74. The fraction of sp³-hybridized carbons (Fsp3) is 0.143. The van der Waals surface area contributed by atoms with Crippen LogP contribution in [0, 0.1) is 0 Å². The van der Waals surface area contributed by atoms with E-state index in [-0.39, 0.29) is 0 Å². The molecule has 1 aromatic heterocycles. The van der Waals surface area contributed by atoms with Crippen LogP contribution in [-0.2, 0) is 0 Å². The summed E-state index contributed by atoms with van der Waals surface area (Å²) in [7, 11) is 1.51. The second-order valence-electron chi connectivity index (χ2n) is 1.86. The van der Waals surface area contributed by atoms with E-state index >= 15 is 0 Å². The van der Waals surface area contributed by atoms with Gasteiger partial charge >= 0.3 is 0 Å². The van der Waals surface area contributed by atoms with Gasteiger partial charge in [0.05, 0.1) is 17.1 Å². The number of aldehydes is 1. The van der Waals surface area contributed by atoms with Crippen molar-refractivity contribution in [3.63, 3.8) is 0 Å². The van der Waals surface area contributed by atoms with Crippen molar-refractivity contribution < 1.29 is 9.53 Å². The summed E-state index contributed by atoms with van der Waals surface area (Å²) in [5.41, 5.74) is 0.446. The maximum Gasteiger partial charge on any atom is 0.155 e. The number of carbonyl (C=O) groups excluding carboxylic acids is 1. The summed E-state index contributed by atoms with van der Waals surface area (Å²) in [6, 6.07) is 0. The van der Waals surface area contributed by atoms with Crippen LogP contribution in [-0.4, -0.2) is 18.4 Å². The van der Waals surface area contributed by atoms with Crippen molar-refractivity contribution in [3.05, 3.63) is 22.4 Å². The number of pyridine rings is 1. The fourth-order valence-electron chi connectivity index (χ4n) is 0.737. The Morgan fingerprint density at radius 1 is 1.64 bits per heavy atom. The van der Waals surface area contributed by atoms with E-state index in [1.807, 2.05) is 0 Å². The number of halogens is 1. The molecule has 0 unspecified atom stereocenters. The maximum absolute atomic E-state index is 10.4. The SMILES string of the molecule is COc1c(Br)cncc1C=O. The average Bonchev–Trinajstić information content (AvgIpc) is 2.04. The standard InChI is InChI=1S/C7H6BrNO2/c1-11-7-5(4-10)2-9-3-6(7)8/h2-4H,1H3. The highest BCUT2D eigenvalue weighted by Crippen LogP contribution is 2.25. The minimum absolute atomic E-state index is 0.446. The molecule has 3 nitrogen and oxygen atoms in total. The van der Waals surface area contributed by atoms with Crippen molar-refractivity contribution in [1.29, 1.82) is 0 Å². The van der Waals surface area contributed by atoms with Crippen molar-refractivity contribution >= 4 is 22.2 Å². The lowest BCUT2D eigenvalue weighted by Gasteiger charge is -2.03. The van der Waals surface area contributed by atoms with Gasteiger partial charge in [0, 0.05) is 12.4 Å². The predicted molar refractivity (Wildman–Crippen MR) is 43.9 cm³/mol. The molecule has 1 heterocycles. The van der Waals surface area contributed by atoms with Crippen molar-refractivity contribution in [2.75, 3.05) is 7.11 Å². The zero-order valence-corrected chi connectivity index (χ0v) is 7.46. The van der Waals surface area contributed by atoms with Crippen LogP contribution in [0.5, 0.6) is 5.75 Å². The molecule has 0 radical (unpaired) electrons. The van der Waals surface area contributed by atoms with E-state index in [9.17, 15) is 4.79 Å². The van der Waals surface area contributed by atoms with Gasteiger partial charge in [-0.2, -0.15) is 0 Å². The van der Waals surface area contributed by atoms with E-state index in [1.54, 1.807) is 6.20 Å². The minimum Gasteiger partial charge on any atom is -0.495 e. The molecule has 0 spiro atoms. The zero-order chi connectivity index (χ0) is 8.27. The number of rotatable bonds is 2. The summed E-state index contributed by atoms with van der Waals surface area (Å²) >= 11 is 3.20. The van der Waals surface area contributed by atoms with Gasteiger partial charge in [0.25, 0.3) is 0 Å². The molecule has 1 rings (SSSR count). The van der Waals surface area contributed by atoms with Crippen LogP contribution in [0.3, 0.4) is 0 Å². The number of ether oxygens (including phenoxy) is 1. The van der Waals surface area contributed by atoms with Crippen molar-refractivity contribution in [1.82, 2.24) is 4.98 Å². The van der Waals surface area contributed by atoms with Gasteiger partial charge in [0.15, 0.2) is 6.29 Å². The highest BCUT2D eigenvalue weighted by molar-refractivity contribution is 9.10. The monoisotopic (exact) mass is 215 g/mol. The van der Waals surface area contributed by atoms with Crippen molar-refractivity contribution in [2.45, 2.75) is 0 Å². The van der Waals surface area contributed by atoms with Gasteiger partial charge in [0.1, 0.15) is 5.75 Å². The first kappa shape index (κ1) is 8.20. The molecule has 0 atom stereocenters. The van der Waals surface area contributed by atoms with E-state index in [4.69, 9.17) is 4.74 Å². The average molecular weight is 216 g/mol. The Hall–Kier alpha value is -0.900. The molecule has 0 bridgehead atoms. The van der Waals surface area contributed by atoms with Crippen molar-refractivity contribution in [2.24, 2.45) is 0 Å². The first-order chi connectivity index (χ1) is 5.29. The zero-order valence-electron chi connectivity index (χ0n) is 5.87. The Bertz CT molecular complexity index is 275. The Kier molecular flexibility index (Phi) is 2.59. The second kappa shape index (κ2) is 3.48. The Morgan fingerprint density at radius 3 is 2.82 bits per heavy atom. The van der Waals surface area contributed by atoms with Gasteiger partial charge in [0.2, 0.25) is 0 Å². The van der Waals surface area contributed by atoms with Crippen LogP contribution >= 0.6 is 15.9 Å². The maximum atomic E-state index is 10.4. The quantitative estimate of drug-likeness (QED) is 0.705. The van der Waals surface area contributed by atoms with Gasteiger partial charge in [-0.3, -0.25) is 9.78 Å². The molecule has 4 heteroatoms. The van der Waals surface area contributed by atoms with E-state index in [0.29, 0.717) is 22.1 Å². The summed E-state index contributed by atoms with van der Waals surface area (Å²) in [5, 5.41) is 0. The molecule has 1 aromatic rings. The normalized spacial score (nSPS) is 9.27. The molecule has 0 aliphatic heterocycles. The van der Waals surface area contributed by atoms with Gasteiger partial charge in [-0.25, -0.2) is 0 Å². The third kappa shape index (κ3) is 1.57. The first-order valence-corrected chi connectivity index (χ1v) is 3.71. The number of aromatic nitrogens is 1. The number of hydrogen-bond donors (Lipinski definition) is 0.